The van der Waals surface area contributed by atoms with E-state index in [2.05, 4.69) is 9.97 Å². The van der Waals surface area contributed by atoms with Gasteiger partial charge < -0.3 is 5.11 Å². The van der Waals surface area contributed by atoms with Gasteiger partial charge in [0.15, 0.2) is 4.96 Å². The molecule has 0 aromatic carbocycles. The number of imidazole rings is 1. The van der Waals surface area contributed by atoms with Crippen LogP contribution >= 0.6 is 11.3 Å². The number of aliphatic hydroxyl groups is 1. The molecule has 0 fully saturated rings. The van der Waals surface area contributed by atoms with Gasteiger partial charge in [0.05, 0.1) is 11.8 Å². The Hall–Kier alpha value is -1.72. The van der Waals surface area contributed by atoms with Gasteiger partial charge in [0.2, 0.25) is 0 Å². The van der Waals surface area contributed by atoms with Crippen LogP contribution < -0.4 is 0 Å². The van der Waals surface area contributed by atoms with Gasteiger partial charge in [-0.2, -0.15) is 0 Å². The van der Waals surface area contributed by atoms with Gasteiger partial charge in [-0.15, -0.1) is 11.3 Å². The summed E-state index contributed by atoms with van der Waals surface area (Å²) < 4.78 is 1.97. The molecule has 1 unspecified atom stereocenters. The number of hydrogen-bond donors (Lipinski definition) is 1. The minimum Gasteiger partial charge on any atom is -0.388 e. The normalized spacial score (nSPS) is 13.0. The van der Waals surface area contributed by atoms with Crippen LogP contribution in [0.4, 0.5) is 0 Å². The molecule has 0 saturated carbocycles. The smallest absolute Gasteiger partial charge is 0.193 e. The molecule has 0 saturated heterocycles. The lowest BCUT2D eigenvalue weighted by Crippen LogP contribution is -2.02. The van der Waals surface area contributed by atoms with Crippen LogP contribution in [0.3, 0.4) is 0 Å². The van der Waals surface area contributed by atoms with Crippen LogP contribution in [-0.2, 0) is 6.42 Å². The highest BCUT2D eigenvalue weighted by atomic mass is 32.1. The predicted molar refractivity (Wildman–Crippen MR) is 66.0 cm³/mol. The first-order chi connectivity index (χ1) is 8.33. The lowest BCUT2D eigenvalue weighted by atomic mass is 10.1. The minimum absolute atomic E-state index is 0.514. The number of nitrogens with zero attached hydrogens (tertiary/aromatic N) is 3. The average Bonchev–Trinajstić information content (AvgIpc) is 2.90. The Balaban J connectivity index is 1.81. The summed E-state index contributed by atoms with van der Waals surface area (Å²) in [7, 11) is 0. The second-order valence-corrected chi connectivity index (χ2v) is 4.70. The van der Waals surface area contributed by atoms with E-state index in [-0.39, 0.29) is 0 Å². The van der Waals surface area contributed by atoms with E-state index < -0.39 is 6.10 Å². The molecule has 1 N–H and O–H groups in total. The summed E-state index contributed by atoms with van der Waals surface area (Å²) in [6.45, 7) is 0. The Bertz CT molecular complexity index is 588. The molecule has 3 rings (SSSR count). The van der Waals surface area contributed by atoms with Crippen molar-refractivity contribution in [3.8, 4) is 0 Å². The van der Waals surface area contributed by atoms with Crippen molar-refractivity contribution in [3.05, 3.63) is 53.6 Å². The van der Waals surface area contributed by atoms with Crippen LogP contribution in [0.1, 0.15) is 17.4 Å². The molecule has 0 radical (unpaired) electrons. The molecular formula is C12H11N3OS. The molecule has 0 aliphatic carbocycles. The number of pyridine rings is 1. The Kier molecular flexibility index (Phi) is 2.62. The number of hydrogen-bond acceptors (Lipinski definition) is 4. The summed E-state index contributed by atoms with van der Waals surface area (Å²) >= 11 is 1.59. The SMILES string of the molecule is OC(Cc1cn2ccsc2n1)c1cccnc1. The second kappa shape index (κ2) is 4.27. The van der Waals surface area contributed by atoms with Gasteiger partial charge in [-0.05, 0) is 11.6 Å². The summed E-state index contributed by atoms with van der Waals surface area (Å²) in [5.74, 6) is 0. The number of aliphatic hydroxyl groups excluding tert-OH is 1. The first-order valence-corrected chi connectivity index (χ1v) is 6.20. The molecule has 0 amide bonds. The Morgan fingerprint density at radius 3 is 3.18 bits per heavy atom. The van der Waals surface area contributed by atoms with Gasteiger partial charge in [-0.25, -0.2) is 4.98 Å². The summed E-state index contributed by atoms with van der Waals surface area (Å²) in [5, 5.41) is 12.0. The topological polar surface area (TPSA) is 50.4 Å². The third-order valence-electron chi connectivity index (χ3n) is 2.61. The van der Waals surface area contributed by atoms with Gasteiger partial charge in [0.25, 0.3) is 0 Å². The van der Waals surface area contributed by atoms with Crippen LogP contribution in [0.2, 0.25) is 0 Å². The average molecular weight is 245 g/mol. The quantitative estimate of drug-likeness (QED) is 0.768. The molecule has 3 heterocycles. The molecule has 0 bridgehead atoms. The molecule has 0 spiro atoms. The lowest BCUT2D eigenvalue weighted by Gasteiger charge is -2.07. The molecule has 0 aliphatic rings. The van der Waals surface area contributed by atoms with Gasteiger partial charge in [-0.1, -0.05) is 6.07 Å². The third kappa shape index (κ3) is 2.07. The summed E-state index contributed by atoms with van der Waals surface area (Å²) in [4.78, 5) is 9.39. The van der Waals surface area contributed by atoms with E-state index in [1.54, 1.807) is 23.7 Å². The van der Waals surface area contributed by atoms with Crippen molar-refractivity contribution in [2.45, 2.75) is 12.5 Å². The Labute approximate surface area is 102 Å². The third-order valence-corrected chi connectivity index (χ3v) is 3.39. The van der Waals surface area contributed by atoms with Crippen molar-refractivity contribution < 1.29 is 5.11 Å². The zero-order valence-electron chi connectivity index (χ0n) is 9.02. The fraction of sp³-hybridized carbons (Fsp3) is 0.167. The van der Waals surface area contributed by atoms with Gasteiger partial charge >= 0.3 is 0 Å². The van der Waals surface area contributed by atoms with E-state index in [1.807, 2.05) is 34.3 Å². The molecule has 1 atom stereocenters. The maximum atomic E-state index is 10.1. The molecule has 3 aromatic heterocycles. The van der Waals surface area contributed by atoms with Crippen LogP contribution in [0.15, 0.2) is 42.3 Å². The standard InChI is InChI=1S/C12H11N3OS/c16-11(9-2-1-3-13-7-9)6-10-8-15-4-5-17-12(15)14-10/h1-5,7-8,11,16H,6H2. The zero-order valence-corrected chi connectivity index (χ0v) is 9.84. The summed E-state index contributed by atoms with van der Waals surface area (Å²) in [6.07, 6.45) is 7.26. The molecular weight excluding hydrogens is 234 g/mol. The fourth-order valence-electron chi connectivity index (χ4n) is 1.76. The molecule has 17 heavy (non-hydrogen) atoms. The molecule has 5 heteroatoms. The molecule has 0 aliphatic heterocycles. The highest BCUT2D eigenvalue weighted by Gasteiger charge is 2.11. The maximum Gasteiger partial charge on any atom is 0.193 e. The highest BCUT2D eigenvalue weighted by Crippen LogP contribution is 2.18. The number of fused-ring (bicyclic) bond motifs is 1. The van der Waals surface area contributed by atoms with Crippen molar-refractivity contribution in [2.75, 3.05) is 0 Å². The first kappa shape index (κ1) is 10.4. The molecule has 4 nitrogen and oxygen atoms in total. The molecule has 3 aromatic rings. The van der Waals surface area contributed by atoms with Crippen LogP contribution in [0.5, 0.6) is 0 Å². The maximum absolute atomic E-state index is 10.1. The van der Waals surface area contributed by atoms with E-state index in [1.165, 1.54) is 0 Å². The largest absolute Gasteiger partial charge is 0.388 e. The monoisotopic (exact) mass is 245 g/mol. The van der Waals surface area contributed by atoms with E-state index in [9.17, 15) is 5.11 Å². The van der Waals surface area contributed by atoms with Crippen LogP contribution in [-0.4, -0.2) is 19.5 Å². The Morgan fingerprint density at radius 2 is 2.41 bits per heavy atom. The van der Waals surface area contributed by atoms with E-state index >= 15 is 0 Å². The summed E-state index contributed by atoms with van der Waals surface area (Å²) in [5.41, 5.74) is 1.72. The minimum atomic E-state index is -0.548. The van der Waals surface area contributed by atoms with Crippen LogP contribution in [0, 0.1) is 0 Å². The van der Waals surface area contributed by atoms with Gasteiger partial charge in [0.1, 0.15) is 0 Å². The lowest BCUT2D eigenvalue weighted by molar-refractivity contribution is 0.177. The van der Waals surface area contributed by atoms with Gasteiger partial charge in [0, 0.05) is 36.6 Å². The molecule has 86 valence electrons. The van der Waals surface area contributed by atoms with Crippen LogP contribution in [0.25, 0.3) is 4.96 Å². The number of rotatable bonds is 3. The van der Waals surface area contributed by atoms with E-state index in [4.69, 9.17) is 0 Å². The fourth-order valence-corrected chi connectivity index (χ4v) is 2.48. The van der Waals surface area contributed by atoms with E-state index in [0.29, 0.717) is 6.42 Å². The number of aromatic nitrogens is 3. The highest BCUT2D eigenvalue weighted by molar-refractivity contribution is 7.15. The van der Waals surface area contributed by atoms with Crippen molar-refractivity contribution in [1.82, 2.24) is 14.4 Å². The summed E-state index contributed by atoms with van der Waals surface area (Å²) in [6, 6.07) is 3.69. The Morgan fingerprint density at radius 1 is 1.47 bits per heavy atom. The van der Waals surface area contributed by atoms with Crippen molar-refractivity contribution in [2.24, 2.45) is 0 Å². The second-order valence-electron chi connectivity index (χ2n) is 3.83. The number of thiazole rings is 1. The van der Waals surface area contributed by atoms with E-state index in [0.717, 1.165) is 16.2 Å². The van der Waals surface area contributed by atoms with Crippen molar-refractivity contribution >= 4 is 16.3 Å². The van der Waals surface area contributed by atoms with Crippen molar-refractivity contribution in [1.29, 1.82) is 0 Å². The zero-order chi connectivity index (χ0) is 11.7. The van der Waals surface area contributed by atoms with Crippen molar-refractivity contribution in [3.63, 3.8) is 0 Å². The van der Waals surface area contributed by atoms with Gasteiger partial charge in [-0.3, -0.25) is 9.38 Å². The first-order valence-electron chi connectivity index (χ1n) is 5.32. The predicted octanol–water partition coefficient (Wildman–Crippen LogP) is 2.07.